The van der Waals surface area contributed by atoms with Crippen molar-refractivity contribution in [3.05, 3.63) is 39.5 Å². The van der Waals surface area contributed by atoms with E-state index >= 15 is 0 Å². The molecule has 0 aliphatic heterocycles. The highest BCUT2D eigenvalue weighted by Gasteiger charge is 2.42. The van der Waals surface area contributed by atoms with Crippen LogP contribution in [-0.2, 0) is 9.59 Å². The summed E-state index contributed by atoms with van der Waals surface area (Å²) in [7, 11) is 0. The lowest BCUT2D eigenvalue weighted by Gasteiger charge is -2.34. The van der Waals surface area contributed by atoms with Crippen LogP contribution in [0, 0.1) is 6.92 Å². The maximum Gasteiger partial charge on any atom is 0.339 e. The van der Waals surface area contributed by atoms with E-state index in [4.69, 9.17) is 0 Å². The van der Waals surface area contributed by atoms with Gasteiger partial charge in [0, 0.05) is 24.0 Å². The number of benzene rings is 1. The third-order valence-corrected chi connectivity index (χ3v) is 4.44. The topological polar surface area (TPSA) is 132 Å². The summed E-state index contributed by atoms with van der Waals surface area (Å²) in [5.41, 5.74) is -0.603. The van der Waals surface area contributed by atoms with Crippen molar-refractivity contribution in [1.29, 1.82) is 0 Å². The van der Waals surface area contributed by atoms with Gasteiger partial charge in [-0.25, -0.2) is 4.79 Å². The maximum atomic E-state index is 12.1. The molecular formula is C16H14O7. The summed E-state index contributed by atoms with van der Waals surface area (Å²) in [6, 6.07) is 1.02. The summed E-state index contributed by atoms with van der Waals surface area (Å²) in [5.74, 6) is -2.84. The number of aromatic carboxylic acids is 1. The Hall–Kier alpha value is -2.51. The molecular weight excluding hydrogens is 304 g/mol. The Kier molecular flexibility index (Phi) is 3.35. The van der Waals surface area contributed by atoms with Crippen molar-refractivity contribution in [1.82, 2.24) is 0 Å². The largest absolute Gasteiger partial charge is 0.507 e. The highest BCUT2D eigenvalue weighted by atomic mass is 16.4. The third kappa shape index (κ3) is 2.01. The molecule has 0 saturated heterocycles. The SMILES string of the molecule is Cc1c(C(=O)O)c(O)cc2c1C(O)C1=C(C(=O)CCC1=O)C2O. The summed E-state index contributed by atoms with van der Waals surface area (Å²) in [6.45, 7) is 1.37. The number of hydrogen-bond acceptors (Lipinski definition) is 6. The van der Waals surface area contributed by atoms with Crippen molar-refractivity contribution in [3.63, 3.8) is 0 Å². The van der Waals surface area contributed by atoms with Crippen LogP contribution < -0.4 is 0 Å². The maximum absolute atomic E-state index is 12.1. The van der Waals surface area contributed by atoms with E-state index in [0.717, 1.165) is 6.07 Å². The van der Waals surface area contributed by atoms with Gasteiger partial charge >= 0.3 is 5.97 Å². The Balaban J connectivity index is 2.33. The molecule has 0 amide bonds. The molecule has 2 unspecified atom stereocenters. The van der Waals surface area contributed by atoms with E-state index in [1.807, 2.05) is 0 Å². The summed E-state index contributed by atoms with van der Waals surface area (Å²) in [6.07, 6.45) is -3.08. The average Bonchev–Trinajstić information content (AvgIpc) is 2.46. The average molecular weight is 318 g/mol. The zero-order valence-electron chi connectivity index (χ0n) is 12.2. The smallest absolute Gasteiger partial charge is 0.339 e. The van der Waals surface area contributed by atoms with Crippen LogP contribution in [0.3, 0.4) is 0 Å². The lowest BCUT2D eigenvalue weighted by atomic mass is 9.73. The molecule has 0 aromatic heterocycles. The van der Waals surface area contributed by atoms with Crippen molar-refractivity contribution in [2.45, 2.75) is 32.0 Å². The van der Waals surface area contributed by atoms with Gasteiger partial charge in [-0.05, 0) is 29.7 Å². The number of rotatable bonds is 1. The molecule has 7 nitrogen and oxygen atoms in total. The van der Waals surface area contributed by atoms with Crippen LogP contribution in [0.1, 0.15) is 52.1 Å². The summed E-state index contributed by atoms with van der Waals surface area (Å²) in [4.78, 5) is 35.4. The molecule has 0 fully saturated rings. The van der Waals surface area contributed by atoms with Crippen LogP contribution in [0.25, 0.3) is 0 Å². The van der Waals surface area contributed by atoms with E-state index in [2.05, 4.69) is 0 Å². The molecule has 120 valence electrons. The van der Waals surface area contributed by atoms with Gasteiger partial charge < -0.3 is 20.4 Å². The fourth-order valence-corrected chi connectivity index (χ4v) is 3.40. The van der Waals surface area contributed by atoms with Crippen LogP contribution in [-0.4, -0.2) is 38.0 Å². The molecule has 2 aliphatic carbocycles. The van der Waals surface area contributed by atoms with Gasteiger partial charge in [0.15, 0.2) is 11.6 Å². The number of ketones is 2. The van der Waals surface area contributed by atoms with Crippen molar-refractivity contribution >= 4 is 17.5 Å². The normalized spacial score (nSPS) is 23.6. The molecule has 0 bridgehead atoms. The summed E-state index contributed by atoms with van der Waals surface area (Å²) >= 11 is 0. The molecule has 1 aromatic rings. The molecule has 3 rings (SSSR count). The van der Waals surface area contributed by atoms with Crippen molar-refractivity contribution in [2.75, 3.05) is 0 Å². The second kappa shape index (κ2) is 5.00. The molecule has 0 saturated carbocycles. The Morgan fingerprint density at radius 1 is 1.09 bits per heavy atom. The zero-order chi connectivity index (χ0) is 17.0. The van der Waals surface area contributed by atoms with Crippen LogP contribution in [0.4, 0.5) is 0 Å². The molecule has 4 N–H and O–H groups in total. The number of carboxylic acid groups (broad SMARTS) is 1. The first-order chi connectivity index (χ1) is 10.8. The van der Waals surface area contributed by atoms with E-state index in [1.165, 1.54) is 6.92 Å². The van der Waals surface area contributed by atoms with E-state index in [0.29, 0.717) is 0 Å². The summed E-state index contributed by atoms with van der Waals surface area (Å²) in [5, 5.41) is 40.0. The highest BCUT2D eigenvalue weighted by Crippen LogP contribution is 2.47. The van der Waals surface area contributed by atoms with Crippen molar-refractivity contribution < 1.29 is 34.8 Å². The van der Waals surface area contributed by atoms with Gasteiger partial charge in [-0.2, -0.15) is 0 Å². The molecule has 0 heterocycles. The first kappa shape index (κ1) is 15.4. The van der Waals surface area contributed by atoms with E-state index in [1.54, 1.807) is 0 Å². The number of aliphatic hydroxyl groups excluding tert-OH is 2. The number of hydrogen-bond donors (Lipinski definition) is 4. The molecule has 0 spiro atoms. The minimum Gasteiger partial charge on any atom is -0.507 e. The van der Waals surface area contributed by atoms with E-state index in [9.17, 15) is 34.8 Å². The second-order valence-electron chi connectivity index (χ2n) is 5.68. The number of carbonyl (C=O) groups excluding carboxylic acids is 2. The molecule has 7 heteroatoms. The molecule has 1 aromatic carbocycles. The number of carbonyl (C=O) groups is 3. The number of aromatic hydroxyl groups is 1. The number of Topliss-reactive ketones (excluding diaryl/α,β-unsaturated/α-hetero) is 2. The Morgan fingerprint density at radius 3 is 2.13 bits per heavy atom. The van der Waals surface area contributed by atoms with Crippen molar-refractivity contribution in [2.24, 2.45) is 0 Å². The standard InChI is InChI=1S/C16H14O7/c1-5-10-6(4-9(19)11(5)16(22)23)14(20)12-7(17)2-3-8(18)13(12)15(10)21/h4,14-15,19-21H,2-3H2,1H3,(H,22,23). The molecule has 0 radical (unpaired) electrons. The zero-order valence-corrected chi connectivity index (χ0v) is 12.2. The van der Waals surface area contributed by atoms with Gasteiger partial charge in [0.2, 0.25) is 0 Å². The number of phenols is 1. The third-order valence-electron chi connectivity index (χ3n) is 4.44. The van der Waals surface area contributed by atoms with Gasteiger partial charge in [0.25, 0.3) is 0 Å². The number of carboxylic acids is 1. The Labute approximate surface area is 130 Å². The van der Waals surface area contributed by atoms with Crippen molar-refractivity contribution in [3.8, 4) is 5.75 Å². The highest BCUT2D eigenvalue weighted by molar-refractivity contribution is 6.13. The van der Waals surface area contributed by atoms with Crippen LogP contribution in [0.15, 0.2) is 17.2 Å². The second-order valence-corrected chi connectivity index (χ2v) is 5.68. The molecule has 2 atom stereocenters. The minimum atomic E-state index is -1.50. The fraction of sp³-hybridized carbons (Fsp3) is 0.312. The quantitative estimate of drug-likeness (QED) is 0.599. The minimum absolute atomic E-state index is 0.0410. The summed E-state index contributed by atoms with van der Waals surface area (Å²) < 4.78 is 0. The van der Waals surface area contributed by atoms with E-state index < -0.39 is 41.1 Å². The van der Waals surface area contributed by atoms with E-state index in [-0.39, 0.29) is 40.7 Å². The van der Waals surface area contributed by atoms with Gasteiger partial charge in [0.05, 0.1) is 0 Å². The molecule has 2 aliphatic rings. The van der Waals surface area contributed by atoms with Gasteiger partial charge in [-0.15, -0.1) is 0 Å². The Morgan fingerprint density at radius 2 is 1.61 bits per heavy atom. The predicted molar refractivity (Wildman–Crippen MR) is 76.0 cm³/mol. The van der Waals surface area contributed by atoms with Gasteiger partial charge in [-0.3, -0.25) is 9.59 Å². The monoisotopic (exact) mass is 318 g/mol. The first-order valence-electron chi connectivity index (χ1n) is 7.02. The van der Waals surface area contributed by atoms with Crippen LogP contribution >= 0.6 is 0 Å². The van der Waals surface area contributed by atoms with Gasteiger partial charge in [0.1, 0.15) is 23.5 Å². The van der Waals surface area contributed by atoms with Gasteiger partial charge in [-0.1, -0.05) is 0 Å². The first-order valence-corrected chi connectivity index (χ1v) is 7.02. The lowest BCUT2D eigenvalue weighted by molar-refractivity contribution is -0.124. The lowest BCUT2D eigenvalue weighted by Crippen LogP contribution is -2.32. The van der Waals surface area contributed by atoms with Crippen LogP contribution in [0.2, 0.25) is 0 Å². The Bertz CT molecular complexity index is 803. The fourth-order valence-electron chi connectivity index (χ4n) is 3.40. The number of aliphatic hydroxyl groups is 2. The van der Waals surface area contributed by atoms with Crippen LogP contribution in [0.5, 0.6) is 5.75 Å². The predicted octanol–water partition coefficient (Wildman–Crippen LogP) is 0.708. The molecule has 23 heavy (non-hydrogen) atoms. The number of fused-ring (bicyclic) bond motifs is 1.